The molecule has 2 N–H and O–H groups in total. The van der Waals surface area contributed by atoms with Gasteiger partial charge >= 0.3 is 0 Å². The molecule has 86 valence electrons. The standard InChI is InChI=1S/C10H15N5O/c1-6(4-11)9-12-10(16-14-9)8-5-15(3)13-7(8)2/h5-6H,4,11H2,1-3H3. The Morgan fingerprint density at radius 1 is 1.56 bits per heavy atom. The molecule has 0 saturated heterocycles. The lowest BCUT2D eigenvalue weighted by molar-refractivity contribution is 0.417. The quantitative estimate of drug-likeness (QED) is 0.830. The molecule has 0 radical (unpaired) electrons. The maximum absolute atomic E-state index is 5.55. The molecular weight excluding hydrogens is 206 g/mol. The lowest BCUT2D eigenvalue weighted by Gasteiger charge is -1.98. The molecule has 1 unspecified atom stereocenters. The largest absolute Gasteiger partial charge is 0.334 e. The predicted molar refractivity (Wildman–Crippen MR) is 58.7 cm³/mol. The van der Waals surface area contributed by atoms with Crippen molar-refractivity contribution in [3.63, 3.8) is 0 Å². The first-order valence-corrected chi connectivity index (χ1v) is 5.16. The van der Waals surface area contributed by atoms with E-state index in [1.54, 1.807) is 4.68 Å². The molecule has 2 aromatic rings. The maximum Gasteiger partial charge on any atom is 0.261 e. The van der Waals surface area contributed by atoms with Gasteiger partial charge in [-0.1, -0.05) is 12.1 Å². The number of hydrogen-bond acceptors (Lipinski definition) is 5. The molecular formula is C10H15N5O. The van der Waals surface area contributed by atoms with E-state index in [1.165, 1.54) is 0 Å². The number of aryl methyl sites for hydroxylation is 2. The van der Waals surface area contributed by atoms with Crippen LogP contribution in [0.1, 0.15) is 24.4 Å². The molecule has 0 bridgehead atoms. The van der Waals surface area contributed by atoms with Crippen molar-refractivity contribution in [3.8, 4) is 11.5 Å². The van der Waals surface area contributed by atoms with Gasteiger partial charge in [-0.15, -0.1) is 0 Å². The van der Waals surface area contributed by atoms with Crippen LogP contribution in [0.4, 0.5) is 0 Å². The highest BCUT2D eigenvalue weighted by Crippen LogP contribution is 2.21. The molecule has 6 heteroatoms. The Kier molecular flexibility index (Phi) is 2.74. The third kappa shape index (κ3) is 1.83. The Hall–Kier alpha value is -1.69. The van der Waals surface area contributed by atoms with E-state index in [1.807, 2.05) is 27.1 Å². The molecule has 0 saturated carbocycles. The molecule has 0 fully saturated rings. The van der Waals surface area contributed by atoms with Crippen LogP contribution in [0.5, 0.6) is 0 Å². The first-order valence-electron chi connectivity index (χ1n) is 5.16. The van der Waals surface area contributed by atoms with Crippen molar-refractivity contribution in [2.24, 2.45) is 12.8 Å². The first kappa shape index (κ1) is 10.8. The van der Waals surface area contributed by atoms with Crippen LogP contribution in [0, 0.1) is 6.92 Å². The van der Waals surface area contributed by atoms with Gasteiger partial charge in [0, 0.05) is 25.7 Å². The van der Waals surface area contributed by atoms with Gasteiger partial charge in [0.15, 0.2) is 5.82 Å². The topological polar surface area (TPSA) is 82.8 Å². The van der Waals surface area contributed by atoms with Gasteiger partial charge in [-0.3, -0.25) is 4.68 Å². The third-order valence-corrected chi connectivity index (χ3v) is 2.48. The van der Waals surface area contributed by atoms with Crippen LogP contribution in [0.3, 0.4) is 0 Å². The summed E-state index contributed by atoms with van der Waals surface area (Å²) in [5.41, 5.74) is 7.29. The van der Waals surface area contributed by atoms with Crippen molar-refractivity contribution in [3.05, 3.63) is 17.7 Å². The number of hydrogen-bond donors (Lipinski definition) is 1. The summed E-state index contributed by atoms with van der Waals surface area (Å²) in [6.45, 7) is 4.38. The second kappa shape index (κ2) is 4.05. The zero-order chi connectivity index (χ0) is 11.7. The Morgan fingerprint density at radius 2 is 2.31 bits per heavy atom. The molecule has 2 heterocycles. The smallest absolute Gasteiger partial charge is 0.261 e. The lowest BCUT2D eigenvalue weighted by Crippen LogP contribution is -2.10. The first-order chi connectivity index (χ1) is 7.61. The number of nitrogens with zero attached hydrogens (tertiary/aromatic N) is 4. The summed E-state index contributed by atoms with van der Waals surface area (Å²) in [6.07, 6.45) is 1.86. The highest BCUT2D eigenvalue weighted by atomic mass is 16.5. The van der Waals surface area contributed by atoms with Crippen molar-refractivity contribution in [1.82, 2.24) is 19.9 Å². The van der Waals surface area contributed by atoms with E-state index in [0.717, 1.165) is 11.3 Å². The Morgan fingerprint density at radius 3 is 2.88 bits per heavy atom. The Balaban J connectivity index is 2.35. The molecule has 0 aliphatic heterocycles. The highest BCUT2D eigenvalue weighted by molar-refractivity contribution is 5.54. The zero-order valence-corrected chi connectivity index (χ0v) is 9.64. The third-order valence-electron chi connectivity index (χ3n) is 2.48. The van der Waals surface area contributed by atoms with E-state index in [0.29, 0.717) is 18.3 Å². The SMILES string of the molecule is Cc1nn(C)cc1-c1nc(C(C)CN)no1. The number of rotatable bonds is 3. The van der Waals surface area contributed by atoms with Gasteiger partial charge in [-0.25, -0.2) is 0 Å². The van der Waals surface area contributed by atoms with Crippen molar-refractivity contribution < 1.29 is 4.52 Å². The van der Waals surface area contributed by atoms with E-state index >= 15 is 0 Å². The van der Waals surface area contributed by atoms with Crippen LogP contribution in [0.15, 0.2) is 10.7 Å². The monoisotopic (exact) mass is 221 g/mol. The Labute approximate surface area is 93.4 Å². The van der Waals surface area contributed by atoms with Crippen LogP contribution in [-0.4, -0.2) is 26.5 Å². The predicted octanol–water partition coefficient (Wildman–Crippen LogP) is 0.841. The molecule has 0 aliphatic rings. The number of aromatic nitrogens is 4. The van der Waals surface area contributed by atoms with E-state index in [-0.39, 0.29) is 5.92 Å². The average Bonchev–Trinajstić information content (AvgIpc) is 2.83. The summed E-state index contributed by atoms with van der Waals surface area (Å²) in [7, 11) is 1.86. The van der Waals surface area contributed by atoms with E-state index in [2.05, 4.69) is 15.2 Å². The Bertz CT molecular complexity index is 487. The van der Waals surface area contributed by atoms with E-state index in [9.17, 15) is 0 Å². The minimum atomic E-state index is 0.106. The molecule has 0 spiro atoms. The molecule has 0 aromatic carbocycles. The summed E-state index contributed by atoms with van der Waals surface area (Å²) in [6, 6.07) is 0. The van der Waals surface area contributed by atoms with Crippen LogP contribution in [0.2, 0.25) is 0 Å². The van der Waals surface area contributed by atoms with Gasteiger partial charge in [-0.05, 0) is 6.92 Å². The van der Waals surface area contributed by atoms with E-state index in [4.69, 9.17) is 10.3 Å². The fraction of sp³-hybridized carbons (Fsp3) is 0.500. The number of nitrogens with two attached hydrogens (primary N) is 1. The second-order valence-corrected chi connectivity index (χ2v) is 3.90. The van der Waals surface area contributed by atoms with Crippen molar-refractivity contribution >= 4 is 0 Å². The van der Waals surface area contributed by atoms with Gasteiger partial charge < -0.3 is 10.3 Å². The molecule has 2 aromatic heterocycles. The van der Waals surface area contributed by atoms with Gasteiger partial charge in [0.25, 0.3) is 5.89 Å². The van der Waals surface area contributed by atoms with Gasteiger partial charge in [-0.2, -0.15) is 10.1 Å². The molecule has 0 amide bonds. The average molecular weight is 221 g/mol. The van der Waals surface area contributed by atoms with Crippen LogP contribution < -0.4 is 5.73 Å². The molecule has 0 aliphatic carbocycles. The normalized spacial score (nSPS) is 13.0. The van der Waals surface area contributed by atoms with Crippen LogP contribution in [-0.2, 0) is 7.05 Å². The highest BCUT2D eigenvalue weighted by Gasteiger charge is 2.16. The van der Waals surface area contributed by atoms with Crippen molar-refractivity contribution in [2.75, 3.05) is 6.54 Å². The molecule has 16 heavy (non-hydrogen) atoms. The molecule has 2 rings (SSSR count). The molecule has 1 atom stereocenters. The summed E-state index contributed by atoms with van der Waals surface area (Å²) in [5, 5.41) is 8.14. The summed E-state index contributed by atoms with van der Waals surface area (Å²) < 4.78 is 6.92. The second-order valence-electron chi connectivity index (χ2n) is 3.90. The summed E-state index contributed by atoms with van der Waals surface area (Å²) in [5.74, 6) is 1.25. The van der Waals surface area contributed by atoms with Gasteiger partial charge in [0.2, 0.25) is 0 Å². The zero-order valence-electron chi connectivity index (χ0n) is 9.64. The summed E-state index contributed by atoms with van der Waals surface area (Å²) in [4.78, 5) is 4.31. The summed E-state index contributed by atoms with van der Waals surface area (Å²) >= 11 is 0. The minimum Gasteiger partial charge on any atom is -0.334 e. The fourth-order valence-electron chi connectivity index (χ4n) is 1.46. The lowest BCUT2D eigenvalue weighted by atomic mass is 10.2. The van der Waals surface area contributed by atoms with E-state index < -0.39 is 0 Å². The van der Waals surface area contributed by atoms with Crippen LogP contribution in [0.25, 0.3) is 11.5 Å². The van der Waals surface area contributed by atoms with Crippen molar-refractivity contribution in [1.29, 1.82) is 0 Å². The van der Waals surface area contributed by atoms with Gasteiger partial charge in [0.1, 0.15) is 0 Å². The van der Waals surface area contributed by atoms with Crippen molar-refractivity contribution in [2.45, 2.75) is 19.8 Å². The van der Waals surface area contributed by atoms with Crippen LogP contribution >= 0.6 is 0 Å². The maximum atomic E-state index is 5.55. The molecule has 6 nitrogen and oxygen atoms in total. The van der Waals surface area contributed by atoms with Gasteiger partial charge in [0.05, 0.1) is 11.3 Å². The fourth-order valence-corrected chi connectivity index (χ4v) is 1.46. The minimum absolute atomic E-state index is 0.106.